The average molecular weight is 249 g/mol. The minimum absolute atomic E-state index is 0.409. The topological polar surface area (TPSA) is 38.0 Å². The molecule has 12 heavy (non-hydrogen) atoms. The summed E-state index contributed by atoms with van der Waals surface area (Å²) in [5.74, 6) is 0. The van der Waals surface area contributed by atoms with E-state index in [1.165, 1.54) is 4.88 Å². The van der Waals surface area contributed by atoms with Crippen molar-refractivity contribution < 1.29 is 0 Å². The summed E-state index contributed by atoms with van der Waals surface area (Å²) >= 11 is 5.19. The van der Waals surface area contributed by atoms with Crippen LogP contribution in [0.1, 0.15) is 17.3 Å². The predicted octanol–water partition coefficient (Wildman–Crippen LogP) is 2.12. The Morgan fingerprint density at radius 3 is 2.92 bits per heavy atom. The summed E-state index contributed by atoms with van der Waals surface area (Å²) < 4.78 is 1.15. The molecule has 0 aromatic carbocycles. The molecular formula is C8H13BrN2S. The Kier molecular flexibility index (Phi) is 4.21. The molecule has 0 aliphatic heterocycles. The van der Waals surface area contributed by atoms with Crippen LogP contribution in [0.25, 0.3) is 0 Å². The Morgan fingerprint density at radius 1 is 1.75 bits per heavy atom. The number of nitrogens with one attached hydrogen (secondary N) is 1. The molecule has 0 aliphatic carbocycles. The van der Waals surface area contributed by atoms with Crippen LogP contribution in [-0.4, -0.2) is 13.6 Å². The molecular weight excluding hydrogens is 236 g/mol. The maximum absolute atomic E-state index is 5.50. The van der Waals surface area contributed by atoms with Gasteiger partial charge in [0.15, 0.2) is 0 Å². The Balaban J connectivity index is 2.66. The monoisotopic (exact) mass is 248 g/mol. The highest BCUT2D eigenvalue weighted by Crippen LogP contribution is 2.26. The quantitative estimate of drug-likeness (QED) is 0.857. The lowest BCUT2D eigenvalue weighted by Gasteiger charge is -2.12. The number of rotatable bonds is 4. The predicted molar refractivity (Wildman–Crippen MR) is 57.5 cm³/mol. The van der Waals surface area contributed by atoms with E-state index in [0.717, 1.165) is 17.4 Å². The molecule has 0 fully saturated rings. The maximum Gasteiger partial charge on any atom is 0.0424 e. The first-order chi connectivity index (χ1) is 5.77. The van der Waals surface area contributed by atoms with Crippen LogP contribution in [0, 0.1) is 0 Å². The second-order valence-corrected chi connectivity index (χ2v) is 4.44. The molecule has 3 N–H and O–H groups in total. The van der Waals surface area contributed by atoms with Crippen LogP contribution < -0.4 is 11.1 Å². The van der Waals surface area contributed by atoms with Crippen LogP contribution in [0.2, 0.25) is 0 Å². The van der Waals surface area contributed by atoms with Gasteiger partial charge in [-0.15, -0.1) is 11.3 Å². The minimum atomic E-state index is 0.409. The second kappa shape index (κ2) is 4.97. The van der Waals surface area contributed by atoms with Crippen LogP contribution in [-0.2, 0) is 0 Å². The van der Waals surface area contributed by atoms with E-state index >= 15 is 0 Å². The largest absolute Gasteiger partial charge is 0.330 e. The maximum atomic E-state index is 5.50. The molecule has 1 rings (SSSR count). The highest BCUT2D eigenvalue weighted by molar-refractivity contribution is 9.10. The molecule has 0 bridgehead atoms. The molecule has 1 aromatic heterocycles. The van der Waals surface area contributed by atoms with E-state index in [2.05, 4.69) is 32.7 Å². The van der Waals surface area contributed by atoms with Gasteiger partial charge in [0, 0.05) is 20.8 Å². The number of nitrogens with two attached hydrogens (primary N) is 1. The van der Waals surface area contributed by atoms with Gasteiger partial charge in [-0.2, -0.15) is 0 Å². The Morgan fingerprint density at radius 2 is 2.50 bits per heavy atom. The summed E-state index contributed by atoms with van der Waals surface area (Å²) in [7, 11) is 1.97. The van der Waals surface area contributed by atoms with Crippen molar-refractivity contribution in [3.63, 3.8) is 0 Å². The summed E-state index contributed by atoms with van der Waals surface area (Å²) in [5.41, 5.74) is 5.50. The third kappa shape index (κ3) is 2.55. The summed E-state index contributed by atoms with van der Waals surface area (Å²) in [6.07, 6.45) is 0.990. The van der Waals surface area contributed by atoms with Crippen LogP contribution in [0.15, 0.2) is 15.9 Å². The zero-order valence-electron chi connectivity index (χ0n) is 7.01. The lowest BCUT2D eigenvalue weighted by molar-refractivity contribution is 0.565. The summed E-state index contributed by atoms with van der Waals surface area (Å²) in [5, 5.41) is 5.34. The summed E-state index contributed by atoms with van der Waals surface area (Å²) in [6, 6.07) is 2.55. The fourth-order valence-corrected chi connectivity index (χ4v) is 2.70. The zero-order valence-corrected chi connectivity index (χ0v) is 9.41. The van der Waals surface area contributed by atoms with Gasteiger partial charge in [-0.05, 0) is 42.0 Å². The van der Waals surface area contributed by atoms with Gasteiger partial charge in [0.05, 0.1) is 0 Å². The van der Waals surface area contributed by atoms with Gasteiger partial charge in [0.25, 0.3) is 0 Å². The normalized spacial score (nSPS) is 13.2. The first-order valence-corrected chi connectivity index (χ1v) is 5.56. The molecule has 0 radical (unpaired) electrons. The van der Waals surface area contributed by atoms with E-state index in [4.69, 9.17) is 5.73 Å². The first kappa shape index (κ1) is 10.2. The SMILES string of the molecule is CNC(CCN)c1cc(Br)cs1. The number of halogens is 1. The number of thiophene rings is 1. The number of hydrogen-bond donors (Lipinski definition) is 2. The van der Waals surface area contributed by atoms with Crippen molar-refractivity contribution in [3.8, 4) is 0 Å². The summed E-state index contributed by atoms with van der Waals surface area (Å²) in [4.78, 5) is 1.34. The van der Waals surface area contributed by atoms with E-state index in [9.17, 15) is 0 Å². The second-order valence-electron chi connectivity index (χ2n) is 2.59. The molecule has 1 unspecified atom stereocenters. The van der Waals surface area contributed by atoms with Crippen LogP contribution >= 0.6 is 27.3 Å². The van der Waals surface area contributed by atoms with Gasteiger partial charge < -0.3 is 11.1 Å². The van der Waals surface area contributed by atoms with Crippen LogP contribution in [0.5, 0.6) is 0 Å². The average Bonchev–Trinajstić information content (AvgIpc) is 2.47. The molecule has 0 saturated carbocycles. The van der Waals surface area contributed by atoms with Crippen molar-refractivity contribution in [1.82, 2.24) is 5.32 Å². The van der Waals surface area contributed by atoms with Crippen molar-refractivity contribution in [2.45, 2.75) is 12.5 Å². The molecule has 1 atom stereocenters. The van der Waals surface area contributed by atoms with E-state index in [1.54, 1.807) is 11.3 Å². The molecule has 68 valence electrons. The van der Waals surface area contributed by atoms with Crippen molar-refractivity contribution in [2.75, 3.05) is 13.6 Å². The van der Waals surface area contributed by atoms with Crippen molar-refractivity contribution >= 4 is 27.3 Å². The molecule has 0 spiro atoms. The van der Waals surface area contributed by atoms with Gasteiger partial charge in [0.1, 0.15) is 0 Å². The van der Waals surface area contributed by atoms with E-state index in [-0.39, 0.29) is 0 Å². The summed E-state index contributed by atoms with van der Waals surface area (Å²) in [6.45, 7) is 0.723. The third-order valence-corrected chi connectivity index (χ3v) is 3.54. The molecule has 0 amide bonds. The fraction of sp³-hybridized carbons (Fsp3) is 0.500. The smallest absolute Gasteiger partial charge is 0.0424 e. The molecule has 1 aromatic rings. The van der Waals surface area contributed by atoms with Crippen molar-refractivity contribution in [3.05, 3.63) is 20.8 Å². The van der Waals surface area contributed by atoms with Gasteiger partial charge >= 0.3 is 0 Å². The number of hydrogen-bond acceptors (Lipinski definition) is 3. The van der Waals surface area contributed by atoms with Crippen molar-refractivity contribution in [1.29, 1.82) is 0 Å². The lowest BCUT2D eigenvalue weighted by atomic mass is 10.2. The van der Waals surface area contributed by atoms with Crippen LogP contribution in [0.3, 0.4) is 0 Å². The van der Waals surface area contributed by atoms with Gasteiger partial charge in [-0.25, -0.2) is 0 Å². The molecule has 0 aliphatic rings. The molecule has 4 heteroatoms. The Labute approximate surface area is 85.3 Å². The lowest BCUT2D eigenvalue weighted by Crippen LogP contribution is -2.18. The van der Waals surface area contributed by atoms with Gasteiger partial charge in [-0.1, -0.05) is 0 Å². The van der Waals surface area contributed by atoms with E-state index in [1.807, 2.05) is 7.05 Å². The zero-order chi connectivity index (χ0) is 8.97. The van der Waals surface area contributed by atoms with Gasteiger partial charge in [-0.3, -0.25) is 0 Å². The van der Waals surface area contributed by atoms with E-state index < -0.39 is 0 Å². The fourth-order valence-electron chi connectivity index (χ4n) is 1.11. The standard InChI is InChI=1S/C8H13BrN2S/c1-11-7(2-3-10)8-4-6(9)5-12-8/h4-5,7,11H,2-3,10H2,1H3. The minimum Gasteiger partial charge on any atom is -0.330 e. The first-order valence-electron chi connectivity index (χ1n) is 3.89. The molecule has 0 saturated heterocycles. The van der Waals surface area contributed by atoms with Gasteiger partial charge in [0.2, 0.25) is 0 Å². The molecule has 2 nitrogen and oxygen atoms in total. The Bertz CT molecular complexity index is 237. The van der Waals surface area contributed by atoms with Crippen LogP contribution in [0.4, 0.5) is 0 Å². The third-order valence-electron chi connectivity index (χ3n) is 1.73. The molecule has 1 heterocycles. The van der Waals surface area contributed by atoms with E-state index in [0.29, 0.717) is 6.04 Å². The van der Waals surface area contributed by atoms with Crippen molar-refractivity contribution in [2.24, 2.45) is 5.73 Å². The highest BCUT2D eigenvalue weighted by atomic mass is 79.9. The highest BCUT2D eigenvalue weighted by Gasteiger charge is 2.09. The Hall–Kier alpha value is 0.1000.